The summed E-state index contributed by atoms with van der Waals surface area (Å²) in [7, 11) is 1.64. The predicted molar refractivity (Wildman–Crippen MR) is 62.6 cm³/mol. The highest BCUT2D eigenvalue weighted by molar-refractivity contribution is 5.39. The van der Waals surface area contributed by atoms with Crippen LogP contribution >= 0.6 is 0 Å². The molecule has 0 heterocycles. The first-order chi connectivity index (χ1) is 7.90. The van der Waals surface area contributed by atoms with Crippen molar-refractivity contribution < 1.29 is 9.47 Å². The van der Waals surface area contributed by atoms with E-state index in [-0.39, 0.29) is 0 Å². The first-order valence-corrected chi connectivity index (χ1v) is 5.11. The summed E-state index contributed by atoms with van der Waals surface area (Å²) in [5.74, 6) is 1.52. The van der Waals surface area contributed by atoms with Gasteiger partial charge in [-0.2, -0.15) is 0 Å². The van der Waals surface area contributed by atoms with E-state index < -0.39 is 0 Å². The Morgan fingerprint density at radius 1 is 1.00 bits per heavy atom. The SMILES string of the molecule is COc1ccccc1OCc1cc[c]cc1. The maximum Gasteiger partial charge on any atom is 0.161 e. The summed E-state index contributed by atoms with van der Waals surface area (Å²) in [6, 6.07) is 18.3. The molecule has 0 aliphatic rings. The van der Waals surface area contributed by atoms with Gasteiger partial charge in [0.2, 0.25) is 0 Å². The Labute approximate surface area is 95.4 Å². The van der Waals surface area contributed by atoms with E-state index in [1.165, 1.54) is 0 Å². The van der Waals surface area contributed by atoms with Gasteiger partial charge in [0.1, 0.15) is 6.61 Å². The lowest BCUT2D eigenvalue weighted by atomic mass is 10.2. The van der Waals surface area contributed by atoms with E-state index in [0.717, 1.165) is 17.1 Å². The molecule has 0 aliphatic heterocycles. The van der Waals surface area contributed by atoms with Crippen LogP contribution in [-0.4, -0.2) is 7.11 Å². The third kappa shape index (κ3) is 2.54. The Morgan fingerprint density at radius 2 is 1.69 bits per heavy atom. The van der Waals surface area contributed by atoms with Gasteiger partial charge in [0.05, 0.1) is 7.11 Å². The molecule has 0 aromatic heterocycles. The topological polar surface area (TPSA) is 18.5 Å². The fourth-order valence-corrected chi connectivity index (χ4v) is 1.42. The zero-order valence-corrected chi connectivity index (χ0v) is 9.14. The molecule has 0 aliphatic carbocycles. The van der Waals surface area contributed by atoms with E-state index in [9.17, 15) is 0 Å². The average molecular weight is 213 g/mol. The van der Waals surface area contributed by atoms with E-state index in [0.29, 0.717) is 6.61 Å². The Hall–Kier alpha value is -1.96. The third-order valence-corrected chi connectivity index (χ3v) is 2.25. The van der Waals surface area contributed by atoms with Crippen LogP contribution < -0.4 is 9.47 Å². The number of benzene rings is 2. The van der Waals surface area contributed by atoms with Gasteiger partial charge in [-0.1, -0.05) is 36.4 Å². The summed E-state index contributed by atoms with van der Waals surface area (Å²) in [5.41, 5.74) is 1.12. The molecule has 0 fully saturated rings. The lowest BCUT2D eigenvalue weighted by Crippen LogP contribution is -1.97. The molecule has 0 saturated carbocycles. The molecule has 2 aromatic carbocycles. The fraction of sp³-hybridized carbons (Fsp3) is 0.143. The highest BCUT2D eigenvalue weighted by Crippen LogP contribution is 2.26. The summed E-state index contributed by atoms with van der Waals surface area (Å²) in [6.07, 6.45) is 0. The Kier molecular flexibility index (Phi) is 3.44. The third-order valence-electron chi connectivity index (χ3n) is 2.25. The monoisotopic (exact) mass is 213 g/mol. The molecule has 0 bridgehead atoms. The summed E-state index contributed by atoms with van der Waals surface area (Å²) in [4.78, 5) is 0. The number of methoxy groups -OCH3 is 1. The summed E-state index contributed by atoms with van der Waals surface area (Å²) < 4.78 is 10.9. The van der Waals surface area contributed by atoms with Gasteiger partial charge < -0.3 is 9.47 Å². The minimum Gasteiger partial charge on any atom is -0.493 e. The second-order valence-corrected chi connectivity index (χ2v) is 3.35. The molecule has 0 saturated heterocycles. The fourth-order valence-electron chi connectivity index (χ4n) is 1.42. The number of ether oxygens (including phenoxy) is 2. The molecule has 0 atom stereocenters. The van der Waals surface area contributed by atoms with Gasteiger partial charge in [-0.3, -0.25) is 0 Å². The van der Waals surface area contributed by atoms with Crippen LogP contribution in [0.3, 0.4) is 0 Å². The van der Waals surface area contributed by atoms with E-state index in [4.69, 9.17) is 9.47 Å². The summed E-state index contributed by atoms with van der Waals surface area (Å²) >= 11 is 0. The van der Waals surface area contributed by atoms with Gasteiger partial charge in [-0.25, -0.2) is 0 Å². The maximum atomic E-state index is 5.68. The smallest absolute Gasteiger partial charge is 0.161 e. The standard InChI is InChI=1S/C14H13O2/c1-15-13-9-5-6-10-14(13)16-11-12-7-3-2-4-8-12/h3-10H,11H2,1H3. The van der Waals surface area contributed by atoms with Crippen molar-refractivity contribution in [2.45, 2.75) is 6.61 Å². The molecule has 16 heavy (non-hydrogen) atoms. The van der Waals surface area contributed by atoms with Crippen LogP contribution in [0.2, 0.25) is 0 Å². The molecule has 2 rings (SSSR count). The van der Waals surface area contributed by atoms with E-state index in [1.807, 2.05) is 48.5 Å². The molecular weight excluding hydrogens is 200 g/mol. The molecule has 0 spiro atoms. The van der Waals surface area contributed by atoms with Crippen LogP contribution in [0.4, 0.5) is 0 Å². The largest absolute Gasteiger partial charge is 0.493 e. The average Bonchev–Trinajstić information content (AvgIpc) is 2.38. The molecule has 0 N–H and O–H groups in total. The van der Waals surface area contributed by atoms with Crippen molar-refractivity contribution >= 4 is 0 Å². The quantitative estimate of drug-likeness (QED) is 0.777. The maximum absolute atomic E-state index is 5.68. The first kappa shape index (κ1) is 10.6. The normalized spacial score (nSPS) is 9.81. The van der Waals surface area contributed by atoms with Crippen molar-refractivity contribution in [3.05, 3.63) is 60.2 Å². The first-order valence-electron chi connectivity index (χ1n) is 5.11. The minimum absolute atomic E-state index is 0.537. The Balaban J connectivity index is 2.05. The van der Waals surface area contributed by atoms with Crippen molar-refractivity contribution in [2.24, 2.45) is 0 Å². The lowest BCUT2D eigenvalue weighted by molar-refractivity contribution is 0.284. The zero-order chi connectivity index (χ0) is 11.2. The minimum atomic E-state index is 0.537. The molecule has 0 unspecified atom stereocenters. The van der Waals surface area contributed by atoms with E-state index in [2.05, 4.69) is 6.07 Å². The van der Waals surface area contributed by atoms with Gasteiger partial charge in [-0.15, -0.1) is 0 Å². The van der Waals surface area contributed by atoms with Crippen molar-refractivity contribution in [3.63, 3.8) is 0 Å². The summed E-state index contributed by atoms with van der Waals surface area (Å²) in [5, 5.41) is 0. The van der Waals surface area contributed by atoms with Crippen molar-refractivity contribution in [1.82, 2.24) is 0 Å². The van der Waals surface area contributed by atoms with Crippen LogP contribution in [0.5, 0.6) is 11.5 Å². The van der Waals surface area contributed by atoms with Crippen molar-refractivity contribution in [3.8, 4) is 11.5 Å². The van der Waals surface area contributed by atoms with Crippen molar-refractivity contribution in [1.29, 1.82) is 0 Å². The van der Waals surface area contributed by atoms with E-state index in [1.54, 1.807) is 7.11 Å². The molecule has 2 nitrogen and oxygen atoms in total. The van der Waals surface area contributed by atoms with Crippen LogP contribution in [0.1, 0.15) is 5.56 Å². The van der Waals surface area contributed by atoms with Gasteiger partial charge in [0.25, 0.3) is 0 Å². The Bertz CT molecular complexity index is 437. The van der Waals surface area contributed by atoms with Gasteiger partial charge in [-0.05, 0) is 23.8 Å². The van der Waals surface area contributed by atoms with Gasteiger partial charge >= 0.3 is 0 Å². The molecule has 1 radical (unpaired) electrons. The molecule has 2 aromatic rings. The van der Waals surface area contributed by atoms with Gasteiger partial charge in [0, 0.05) is 0 Å². The number of hydrogen-bond donors (Lipinski definition) is 0. The number of para-hydroxylation sites is 2. The van der Waals surface area contributed by atoms with Crippen LogP contribution in [0, 0.1) is 6.07 Å². The predicted octanol–water partition coefficient (Wildman–Crippen LogP) is 3.07. The lowest BCUT2D eigenvalue weighted by Gasteiger charge is -2.09. The van der Waals surface area contributed by atoms with Crippen LogP contribution in [-0.2, 0) is 6.61 Å². The summed E-state index contributed by atoms with van der Waals surface area (Å²) in [6.45, 7) is 0.537. The highest BCUT2D eigenvalue weighted by Gasteiger charge is 2.02. The van der Waals surface area contributed by atoms with Crippen molar-refractivity contribution in [2.75, 3.05) is 7.11 Å². The molecule has 0 amide bonds. The van der Waals surface area contributed by atoms with E-state index >= 15 is 0 Å². The highest BCUT2D eigenvalue weighted by atomic mass is 16.5. The second kappa shape index (κ2) is 5.21. The number of rotatable bonds is 4. The van der Waals surface area contributed by atoms with Crippen LogP contribution in [0.25, 0.3) is 0 Å². The second-order valence-electron chi connectivity index (χ2n) is 3.35. The Morgan fingerprint density at radius 3 is 2.38 bits per heavy atom. The number of hydrogen-bond acceptors (Lipinski definition) is 2. The van der Waals surface area contributed by atoms with Gasteiger partial charge in [0.15, 0.2) is 11.5 Å². The molecule has 2 heteroatoms. The zero-order valence-electron chi connectivity index (χ0n) is 9.14. The molecule has 81 valence electrons. The molecular formula is C14H13O2. The van der Waals surface area contributed by atoms with Crippen LogP contribution in [0.15, 0.2) is 48.5 Å².